The van der Waals surface area contributed by atoms with Crippen LogP contribution in [0, 0.1) is 5.82 Å². The number of halogens is 3. The molecule has 0 aliphatic carbocycles. The van der Waals surface area contributed by atoms with Crippen molar-refractivity contribution in [1.82, 2.24) is 9.55 Å². The largest absolute Gasteiger partial charge is 0.475 e. The van der Waals surface area contributed by atoms with Gasteiger partial charge in [-0.3, -0.25) is 27.9 Å². The number of phosphoric ester groups is 1. The van der Waals surface area contributed by atoms with Crippen molar-refractivity contribution in [2.75, 3.05) is 6.61 Å². The Kier molecular flexibility index (Phi) is 4.91. The van der Waals surface area contributed by atoms with E-state index >= 15 is 0 Å². The Hall–Kier alpha value is -0.740. The molecule has 2 fully saturated rings. The molecular formula is C12H14Cl2FN2O7P. The van der Waals surface area contributed by atoms with E-state index in [9.17, 15) is 18.5 Å². The summed E-state index contributed by atoms with van der Waals surface area (Å²) in [5.74, 6) is -1.23. The van der Waals surface area contributed by atoms with Crippen molar-refractivity contribution in [2.24, 2.45) is 0 Å². The Morgan fingerprint density at radius 1 is 1.48 bits per heavy atom. The van der Waals surface area contributed by atoms with Gasteiger partial charge in [-0.2, -0.15) is 4.39 Å². The molecule has 4 atom stereocenters. The van der Waals surface area contributed by atoms with Crippen molar-refractivity contribution in [3.63, 3.8) is 0 Å². The number of ether oxygens (including phenoxy) is 1. The highest BCUT2D eigenvalue weighted by Crippen LogP contribution is 2.61. The topological polar surface area (TPSA) is 109 Å². The second kappa shape index (κ2) is 6.45. The third kappa shape index (κ3) is 3.44. The third-order valence-corrected chi connectivity index (χ3v) is 5.94. The minimum absolute atomic E-state index is 0.229. The summed E-state index contributed by atoms with van der Waals surface area (Å²) in [7, 11) is -3.93. The van der Waals surface area contributed by atoms with Gasteiger partial charge in [0.2, 0.25) is 5.82 Å². The lowest BCUT2D eigenvalue weighted by atomic mass is 10.2. The van der Waals surface area contributed by atoms with E-state index in [1.54, 1.807) is 18.8 Å². The van der Waals surface area contributed by atoms with Crippen LogP contribution in [0.3, 0.4) is 0 Å². The van der Waals surface area contributed by atoms with Crippen LogP contribution >= 0.6 is 31.0 Å². The molecular weight excluding hydrogens is 405 g/mol. The van der Waals surface area contributed by atoms with Crippen molar-refractivity contribution < 1.29 is 27.3 Å². The second-order valence-electron chi connectivity index (χ2n) is 5.77. The summed E-state index contributed by atoms with van der Waals surface area (Å²) in [6.07, 6.45) is -3.33. The minimum Gasteiger partial charge on any atom is -0.346 e. The van der Waals surface area contributed by atoms with Crippen molar-refractivity contribution >= 4 is 31.0 Å². The first-order chi connectivity index (χ1) is 11.5. The summed E-state index contributed by atoms with van der Waals surface area (Å²) < 4.78 is 45.8. The number of rotatable bonds is 3. The molecule has 2 aliphatic rings. The number of aromatic amines is 1. The summed E-state index contributed by atoms with van der Waals surface area (Å²) in [4.78, 5) is 24.9. The lowest BCUT2D eigenvalue weighted by Crippen LogP contribution is -2.44. The molecule has 9 nitrogen and oxygen atoms in total. The minimum atomic E-state index is -3.93. The number of nitrogens with zero attached hydrogens (tertiary/aromatic N) is 1. The Labute approximate surface area is 150 Å². The summed E-state index contributed by atoms with van der Waals surface area (Å²) in [5.41, 5.74) is -2.18. The summed E-state index contributed by atoms with van der Waals surface area (Å²) >= 11 is 12.6. The van der Waals surface area contributed by atoms with Gasteiger partial charge in [0.15, 0.2) is 10.6 Å². The SMILES string of the molecule is CC(C)O[P@]1(=O)OC[C@H]2O[C@@H](n3cc(F)c(=O)[nH]c3=O)C(Cl)(Cl)[C@@H]2O1. The van der Waals surface area contributed by atoms with E-state index in [1.807, 2.05) is 0 Å². The average Bonchev–Trinajstić information content (AvgIpc) is 2.73. The molecule has 140 valence electrons. The molecule has 1 N–H and O–H groups in total. The van der Waals surface area contributed by atoms with Crippen LogP contribution in [-0.4, -0.2) is 38.8 Å². The van der Waals surface area contributed by atoms with Gasteiger partial charge in [0, 0.05) is 0 Å². The first-order valence-electron chi connectivity index (χ1n) is 7.19. The third-order valence-electron chi connectivity index (χ3n) is 3.51. The quantitative estimate of drug-likeness (QED) is 0.587. The molecule has 0 radical (unpaired) electrons. The van der Waals surface area contributed by atoms with Crippen LogP contribution in [0.5, 0.6) is 0 Å². The highest BCUT2D eigenvalue weighted by Gasteiger charge is 2.62. The van der Waals surface area contributed by atoms with Crippen LogP contribution in [0.15, 0.2) is 15.8 Å². The number of phosphoric acid groups is 1. The molecule has 3 rings (SSSR count). The zero-order valence-electron chi connectivity index (χ0n) is 13.0. The molecule has 25 heavy (non-hydrogen) atoms. The zero-order valence-corrected chi connectivity index (χ0v) is 15.4. The molecule has 0 spiro atoms. The van der Waals surface area contributed by atoms with Gasteiger partial charge >= 0.3 is 13.5 Å². The van der Waals surface area contributed by atoms with Gasteiger partial charge in [-0.15, -0.1) is 0 Å². The van der Waals surface area contributed by atoms with E-state index in [4.69, 9.17) is 41.5 Å². The number of H-pyrrole nitrogens is 1. The van der Waals surface area contributed by atoms with Crippen LogP contribution < -0.4 is 11.2 Å². The lowest BCUT2D eigenvalue weighted by molar-refractivity contribution is -0.0750. The van der Waals surface area contributed by atoms with Gasteiger partial charge in [0.25, 0.3) is 5.56 Å². The van der Waals surface area contributed by atoms with Gasteiger partial charge < -0.3 is 4.74 Å². The molecule has 1 aromatic rings. The number of nitrogens with one attached hydrogen (secondary N) is 1. The molecule has 0 bridgehead atoms. The van der Waals surface area contributed by atoms with Crippen LogP contribution in [-0.2, 0) is 22.9 Å². The first-order valence-corrected chi connectivity index (χ1v) is 9.41. The maximum absolute atomic E-state index is 13.5. The molecule has 1 aromatic heterocycles. The molecule has 0 aromatic carbocycles. The van der Waals surface area contributed by atoms with Crippen LogP contribution in [0.4, 0.5) is 4.39 Å². The second-order valence-corrected chi connectivity index (χ2v) is 8.79. The summed E-state index contributed by atoms with van der Waals surface area (Å²) in [5, 5.41) is 0. The van der Waals surface area contributed by atoms with Crippen molar-refractivity contribution in [2.45, 2.75) is 42.7 Å². The monoisotopic (exact) mass is 418 g/mol. The standard InChI is InChI=1S/C12H14Cl2FN2O7P/c1-5(2)23-25(20)21-4-7-8(24-25)12(13,14)10(22-7)17-3-6(15)9(18)16-11(17)19/h3,5,7-8,10H,4H2,1-2H3,(H,16,18,19)/t7-,8-,10-,25+/m1/s1. The van der Waals surface area contributed by atoms with Gasteiger partial charge in [0.05, 0.1) is 18.9 Å². The maximum Gasteiger partial charge on any atom is 0.475 e. The van der Waals surface area contributed by atoms with Gasteiger partial charge in [0.1, 0.15) is 12.2 Å². The fourth-order valence-electron chi connectivity index (χ4n) is 2.51. The fourth-order valence-corrected chi connectivity index (χ4v) is 4.92. The van der Waals surface area contributed by atoms with Crippen LogP contribution in [0.25, 0.3) is 0 Å². The molecule has 0 unspecified atom stereocenters. The summed E-state index contributed by atoms with van der Waals surface area (Å²) in [6, 6.07) is 0. The molecule has 3 heterocycles. The molecule has 0 saturated carbocycles. The molecule has 2 aliphatic heterocycles. The van der Waals surface area contributed by atoms with Crippen LogP contribution in [0.2, 0.25) is 0 Å². The predicted molar refractivity (Wildman–Crippen MR) is 84.3 cm³/mol. The molecule has 2 saturated heterocycles. The predicted octanol–water partition coefficient (Wildman–Crippen LogP) is 1.70. The van der Waals surface area contributed by atoms with Gasteiger partial charge in [-0.1, -0.05) is 23.2 Å². The van der Waals surface area contributed by atoms with E-state index < -0.39 is 53.8 Å². The van der Waals surface area contributed by atoms with E-state index in [1.165, 1.54) is 0 Å². The smallest absolute Gasteiger partial charge is 0.346 e. The van der Waals surface area contributed by atoms with Crippen molar-refractivity contribution in [1.29, 1.82) is 0 Å². The van der Waals surface area contributed by atoms with Crippen molar-refractivity contribution in [3.8, 4) is 0 Å². The number of fused-ring (bicyclic) bond motifs is 1. The molecule has 13 heteroatoms. The highest BCUT2D eigenvalue weighted by atomic mass is 35.5. The summed E-state index contributed by atoms with van der Waals surface area (Å²) in [6.45, 7) is 3.03. The average molecular weight is 419 g/mol. The normalized spacial score (nSPS) is 34.2. The maximum atomic E-state index is 13.5. The Bertz CT molecular complexity index is 841. The first kappa shape index (κ1) is 19.0. The van der Waals surface area contributed by atoms with Gasteiger partial charge in [-0.05, 0) is 13.8 Å². The molecule has 0 amide bonds. The Morgan fingerprint density at radius 2 is 2.16 bits per heavy atom. The van der Waals surface area contributed by atoms with E-state index in [0.29, 0.717) is 10.8 Å². The number of alkyl halides is 2. The van der Waals surface area contributed by atoms with Crippen LogP contribution in [0.1, 0.15) is 20.1 Å². The Morgan fingerprint density at radius 3 is 2.80 bits per heavy atom. The number of hydrogen-bond donors (Lipinski definition) is 1. The van der Waals surface area contributed by atoms with Crippen molar-refractivity contribution in [3.05, 3.63) is 32.9 Å². The van der Waals surface area contributed by atoms with E-state index in [-0.39, 0.29) is 6.61 Å². The Balaban J connectivity index is 1.94. The number of aromatic nitrogens is 2. The lowest BCUT2D eigenvalue weighted by Gasteiger charge is -2.33. The van der Waals surface area contributed by atoms with E-state index in [0.717, 1.165) is 0 Å². The van der Waals surface area contributed by atoms with Gasteiger partial charge in [-0.25, -0.2) is 9.36 Å². The fraction of sp³-hybridized carbons (Fsp3) is 0.667. The zero-order chi connectivity index (χ0) is 18.6. The highest BCUT2D eigenvalue weighted by molar-refractivity contribution is 7.48. The number of hydrogen-bond acceptors (Lipinski definition) is 7. The van der Waals surface area contributed by atoms with E-state index in [2.05, 4.69) is 0 Å².